The van der Waals surface area contributed by atoms with Crippen molar-refractivity contribution in [2.75, 3.05) is 0 Å². The van der Waals surface area contributed by atoms with Crippen molar-refractivity contribution in [2.45, 2.75) is 0 Å². The Labute approximate surface area is 86.8 Å². The van der Waals surface area contributed by atoms with Crippen LogP contribution in [0.3, 0.4) is 0 Å². The first kappa shape index (κ1) is 8.77. The Hall–Kier alpha value is 0.770. The van der Waals surface area contributed by atoms with E-state index in [1.807, 2.05) is 30.3 Å². The van der Waals surface area contributed by atoms with E-state index < -0.39 is 0 Å². The van der Waals surface area contributed by atoms with Crippen molar-refractivity contribution in [3.8, 4) is 0 Å². The average molecular weight is 155 g/mol. The molecule has 0 nitrogen and oxygen atoms in total. The van der Waals surface area contributed by atoms with Gasteiger partial charge in [0.05, 0.1) is 0 Å². The maximum atomic E-state index is 5.54. The quantitative estimate of drug-likeness (QED) is 0.503. The fourth-order valence-corrected chi connectivity index (χ4v) is 0.560. The number of hydrogen-bond acceptors (Lipinski definition) is 0. The summed E-state index contributed by atoms with van der Waals surface area (Å²) in [6, 6.07) is 9.44. The number of hydrogen-bond donors (Lipinski definition) is 0. The van der Waals surface area contributed by atoms with Gasteiger partial charge in [-0.25, -0.2) is 0 Å². The smallest absolute Gasteiger partial charge is 1.00 e. The minimum atomic E-state index is 0. The van der Waals surface area contributed by atoms with Crippen molar-refractivity contribution >= 4 is 49.3 Å². The predicted molar refractivity (Wildman–Crippen MR) is 39.4 cm³/mol. The molecule has 0 heterocycles. The van der Waals surface area contributed by atoms with Gasteiger partial charge < -0.3 is 2.85 Å². The van der Waals surface area contributed by atoms with Crippen molar-refractivity contribution in [1.29, 1.82) is 0 Å². The largest absolute Gasteiger partial charge is 2.00 e. The molecular weight excluding hydrogens is 148 g/mol. The van der Waals surface area contributed by atoms with E-state index in [4.69, 9.17) is 11.6 Å². The molecule has 1 rings (SSSR count). The van der Waals surface area contributed by atoms with Gasteiger partial charge in [-0.2, -0.15) is 0 Å². The summed E-state index contributed by atoms with van der Waals surface area (Å²) in [4.78, 5) is 0. The van der Waals surface area contributed by atoms with Crippen molar-refractivity contribution in [3.63, 3.8) is 0 Å². The molecule has 0 bridgehead atoms. The number of benzene rings is 1. The summed E-state index contributed by atoms with van der Waals surface area (Å²) in [5, 5.41) is 0.794. The molecule has 8 heavy (non-hydrogen) atoms. The normalized spacial score (nSPS) is 7.62. The van der Waals surface area contributed by atoms with Crippen LogP contribution in [0.15, 0.2) is 30.3 Å². The molecule has 1 aromatic carbocycles. The zero-order valence-electron chi connectivity index (χ0n) is 6.47. The van der Waals surface area contributed by atoms with E-state index in [2.05, 4.69) is 0 Å². The monoisotopic (exact) mass is 154 g/mol. The Kier molecular flexibility index (Phi) is 5.08. The first-order chi connectivity index (χ1) is 3.39. The van der Waals surface area contributed by atoms with Crippen molar-refractivity contribution in [1.82, 2.24) is 0 Å². The summed E-state index contributed by atoms with van der Waals surface area (Å²) in [6.45, 7) is 0. The van der Waals surface area contributed by atoms with Gasteiger partial charge in [-0.05, 0) is 12.1 Å². The van der Waals surface area contributed by atoms with Crippen LogP contribution in [0.2, 0.25) is 5.02 Å². The van der Waals surface area contributed by atoms with Crippen LogP contribution < -0.4 is 0 Å². The molecular formula is C6H7CaCl. The van der Waals surface area contributed by atoms with E-state index >= 15 is 0 Å². The van der Waals surface area contributed by atoms with Crippen LogP contribution in [0, 0.1) is 0 Å². The van der Waals surface area contributed by atoms with E-state index in [0.29, 0.717) is 0 Å². The molecule has 0 spiro atoms. The van der Waals surface area contributed by atoms with Crippen LogP contribution in [0.25, 0.3) is 0 Å². The van der Waals surface area contributed by atoms with Gasteiger partial charge in [-0.3, -0.25) is 0 Å². The van der Waals surface area contributed by atoms with Crippen molar-refractivity contribution in [3.05, 3.63) is 35.4 Å². The summed E-state index contributed by atoms with van der Waals surface area (Å²) >= 11 is 5.54. The van der Waals surface area contributed by atoms with Crippen LogP contribution in [0.5, 0.6) is 0 Å². The fourth-order valence-electron chi connectivity index (χ4n) is 0.415. The van der Waals surface area contributed by atoms with E-state index in [1.165, 1.54) is 0 Å². The van der Waals surface area contributed by atoms with E-state index in [0.717, 1.165) is 5.02 Å². The van der Waals surface area contributed by atoms with Crippen LogP contribution >= 0.6 is 11.6 Å². The number of halogens is 1. The zero-order valence-corrected chi connectivity index (χ0v) is 7.44. The summed E-state index contributed by atoms with van der Waals surface area (Å²) in [6.07, 6.45) is 0. The third kappa shape index (κ3) is 2.93. The average Bonchev–Trinajstić information content (AvgIpc) is 1.69. The van der Waals surface area contributed by atoms with E-state index in [9.17, 15) is 0 Å². The maximum Gasteiger partial charge on any atom is 2.00 e. The minimum absolute atomic E-state index is 0. The van der Waals surface area contributed by atoms with Gasteiger partial charge in [-0.15, -0.1) is 0 Å². The van der Waals surface area contributed by atoms with Gasteiger partial charge in [0.1, 0.15) is 0 Å². The minimum Gasteiger partial charge on any atom is -1.00 e. The molecule has 0 unspecified atom stereocenters. The molecule has 0 saturated heterocycles. The Bertz CT molecular complexity index is 146. The molecule has 0 aromatic heterocycles. The second-order valence-electron chi connectivity index (χ2n) is 1.30. The Morgan fingerprint density at radius 2 is 1.62 bits per heavy atom. The molecule has 40 valence electrons. The summed E-state index contributed by atoms with van der Waals surface area (Å²) < 4.78 is 0. The van der Waals surface area contributed by atoms with Crippen LogP contribution in [0.1, 0.15) is 2.85 Å². The van der Waals surface area contributed by atoms with E-state index in [1.54, 1.807) is 0 Å². The molecule has 0 aliphatic heterocycles. The van der Waals surface area contributed by atoms with Crippen LogP contribution in [-0.4, -0.2) is 37.7 Å². The van der Waals surface area contributed by atoms with E-state index in [-0.39, 0.29) is 40.6 Å². The SMILES string of the molecule is Clc1ccccc1.[Ca+2].[H-].[H-]. The van der Waals surface area contributed by atoms with Gasteiger partial charge >= 0.3 is 37.7 Å². The molecule has 0 radical (unpaired) electrons. The Morgan fingerprint density at radius 3 is 1.88 bits per heavy atom. The molecule has 0 saturated carbocycles. The molecule has 0 N–H and O–H groups in total. The molecule has 2 heteroatoms. The van der Waals surface area contributed by atoms with Gasteiger partial charge in [0.2, 0.25) is 0 Å². The molecule has 0 fully saturated rings. The Balaban J connectivity index is -0.000000163. The summed E-state index contributed by atoms with van der Waals surface area (Å²) in [5.74, 6) is 0. The third-order valence-electron chi connectivity index (χ3n) is 0.733. The standard InChI is InChI=1S/C6H5Cl.Ca.2H/c7-6-4-2-1-3-5-6;;;/h1-5H;;;/q;+2;2*-1. The zero-order chi connectivity index (χ0) is 5.11. The summed E-state index contributed by atoms with van der Waals surface area (Å²) in [7, 11) is 0. The second kappa shape index (κ2) is 4.63. The first-order valence-electron chi connectivity index (χ1n) is 2.10. The number of rotatable bonds is 0. The van der Waals surface area contributed by atoms with Gasteiger partial charge in [0.15, 0.2) is 0 Å². The second-order valence-corrected chi connectivity index (χ2v) is 1.73. The maximum absolute atomic E-state index is 5.54. The molecule has 1 aromatic rings. The van der Waals surface area contributed by atoms with Crippen molar-refractivity contribution < 1.29 is 2.85 Å². The van der Waals surface area contributed by atoms with Crippen LogP contribution in [0.4, 0.5) is 0 Å². The molecule has 0 aliphatic rings. The third-order valence-corrected chi connectivity index (χ3v) is 0.985. The fraction of sp³-hybridized carbons (Fsp3) is 0. The van der Waals surface area contributed by atoms with Crippen LogP contribution in [-0.2, 0) is 0 Å². The first-order valence-corrected chi connectivity index (χ1v) is 2.48. The van der Waals surface area contributed by atoms with Gasteiger partial charge in [0.25, 0.3) is 0 Å². The predicted octanol–water partition coefficient (Wildman–Crippen LogP) is 2.18. The summed E-state index contributed by atoms with van der Waals surface area (Å²) in [5.41, 5.74) is 0. The molecule has 0 amide bonds. The van der Waals surface area contributed by atoms with Gasteiger partial charge in [-0.1, -0.05) is 29.8 Å². The molecule has 0 aliphatic carbocycles. The molecule has 0 atom stereocenters. The topological polar surface area (TPSA) is 0 Å². The Morgan fingerprint density at radius 1 is 1.12 bits per heavy atom. The van der Waals surface area contributed by atoms with Gasteiger partial charge in [0, 0.05) is 5.02 Å². The van der Waals surface area contributed by atoms with Crippen molar-refractivity contribution in [2.24, 2.45) is 0 Å².